The third-order valence-electron chi connectivity index (χ3n) is 4.44. The normalized spacial score (nSPS) is 33.5. The van der Waals surface area contributed by atoms with Crippen molar-refractivity contribution in [1.29, 1.82) is 0 Å². The summed E-state index contributed by atoms with van der Waals surface area (Å²) in [7, 11) is 3.04. The van der Waals surface area contributed by atoms with Gasteiger partial charge in [0, 0.05) is 6.04 Å². The molecule has 1 aromatic heterocycles. The summed E-state index contributed by atoms with van der Waals surface area (Å²) in [6.45, 7) is 2.01. The van der Waals surface area contributed by atoms with Crippen molar-refractivity contribution in [2.24, 2.45) is 15.9 Å². The van der Waals surface area contributed by atoms with E-state index in [4.69, 9.17) is 14.7 Å². The summed E-state index contributed by atoms with van der Waals surface area (Å²) in [6, 6.07) is -0.560. The molecule has 5 atom stereocenters. The maximum absolute atomic E-state index is 8.76. The van der Waals surface area contributed by atoms with Gasteiger partial charge in [0.05, 0.1) is 32.2 Å². The van der Waals surface area contributed by atoms with Gasteiger partial charge in [0.15, 0.2) is 5.82 Å². The van der Waals surface area contributed by atoms with Gasteiger partial charge in [0.1, 0.15) is 0 Å². The van der Waals surface area contributed by atoms with Crippen LogP contribution in [0.25, 0.3) is 0 Å². The van der Waals surface area contributed by atoms with Gasteiger partial charge in [-0.3, -0.25) is 0 Å². The fourth-order valence-corrected chi connectivity index (χ4v) is 3.31. The van der Waals surface area contributed by atoms with Crippen LogP contribution in [-0.2, 0) is 14.5 Å². The van der Waals surface area contributed by atoms with Crippen molar-refractivity contribution in [3.05, 3.63) is 5.82 Å². The fraction of sp³-hybridized carbons (Fsp3) is 0.750. The number of hydroxylamine groups is 1. The fourth-order valence-electron chi connectivity index (χ4n) is 3.31. The third-order valence-corrected chi connectivity index (χ3v) is 4.44. The van der Waals surface area contributed by atoms with E-state index < -0.39 is 0 Å². The molecule has 11 nitrogen and oxygen atoms in total. The van der Waals surface area contributed by atoms with Crippen LogP contribution in [0.5, 0.6) is 0 Å². The minimum atomic E-state index is -0.215. The van der Waals surface area contributed by atoms with E-state index in [2.05, 4.69) is 41.1 Å². The number of tetrazole rings is 1. The predicted octanol–water partition coefficient (Wildman–Crippen LogP) is -0.473. The number of ether oxygens (including phenoxy) is 2. The Morgan fingerprint density at radius 1 is 1.22 bits per heavy atom. The molecule has 1 saturated carbocycles. The van der Waals surface area contributed by atoms with Crippen molar-refractivity contribution < 1.29 is 19.7 Å². The van der Waals surface area contributed by atoms with Crippen LogP contribution in [-0.4, -0.2) is 70.0 Å². The molecule has 3 rings (SSSR count). The second-order valence-electron chi connectivity index (χ2n) is 5.54. The third kappa shape index (κ3) is 2.78. The molecule has 1 aliphatic heterocycles. The molecule has 0 bridgehead atoms. The van der Waals surface area contributed by atoms with Gasteiger partial charge in [0.2, 0.25) is 0 Å². The zero-order chi connectivity index (χ0) is 16.4. The van der Waals surface area contributed by atoms with Crippen LogP contribution in [0.2, 0.25) is 0 Å². The molecule has 1 aromatic rings. The van der Waals surface area contributed by atoms with Crippen LogP contribution in [0.1, 0.15) is 25.1 Å². The van der Waals surface area contributed by atoms with Crippen LogP contribution >= 0.6 is 0 Å². The summed E-state index contributed by atoms with van der Waals surface area (Å²) in [6.07, 6.45) is 0.605. The average Bonchev–Trinajstić information content (AvgIpc) is 3.08. The van der Waals surface area contributed by atoms with E-state index in [1.54, 1.807) is 0 Å². The van der Waals surface area contributed by atoms with Gasteiger partial charge in [-0.05, 0) is 12.3 Å². The number of nitrogens with one attached hydrogen (secondary N) is 2. The van der Waals surface area contributed by atoms with E-state index in [1.807, 2.05) is 6.92 Å². The van der Waals surface area contributed by atoms with E-state index in [-0.39, 0.29) is 30.0 Å². The molecule has 3 N–H and O–H groups in total. The lowest BCUT2D eigenvalue weighted by Crippen LogP contribution is -2.53. The van der Waals surface area contributed by atoms with Crippen molar-refractivity contribution in [3.63, 3.8) is 0 Å². The maximum Gasteiger partial charge on any atom is 0.273 e. The summed E-state index contributed by atoms with van der Waals surface area (Å²) >= 11 is 0. The lowest BCUT2D eigenvalue weighted by atomic mass is 9.71. The van der Waals surface area contributed by atoms with E-state index in [9.17, 15) is 0 Å². The summed E-state index contributed by atoms with van der Waals surface area (Å²) in [5.41, 5.74) is 2.60. The zero-order valence-electron chi connectivity index (χ0n) is 13.0. The van der Waals surface area contributed by atoms with Crippen molar-refractivity contribution in [1.82, 2.24) is 26.1 Å². The zero-order valence-corrected chi connectivity index (χ0v) is 13.0. The quantitative estimate of drug-likeness (QED) is 0.500. The smallest absolute Gasteiger partial charge is 0.273 e. The van der Waals surface area contributed by atoms with Crippen LogP contribution in [0.3, 0.4) is 0 Å². The molecule has 0 amide bonds. The Labute approximate surface area is 132 Å². The number of rotatable bonds is 3. The van der Waals surface area contributed by atoms with Gasteiger partial charge in [-0.1, -0.05) is 12.1 Å². The molecule has 0 aromatic carbocycles. The van der Waals surface area contributed by atoms with Gasteiger partial charge < -0.3 is 9.47 Å². The Hall–Kier alpha value is -2.11. The molecule has 0 radical (unpaired) electrons. The van der Waals surface area contributed by atoms with E-state index in [0.29, 0.717) is 24.0 Å². The van der Waals surface area contributed by atoms with E-state index >= 15 is 0 Å². The summed E-state index contributed by atoms with van der Waals surface area (Å²) in [5, 5.41) is 23.1. The Balaban J connectivity index is 1.98. The van der Waals surface area contributed by atoms with E-state index in [1.165, 1.54) is 14.2 Å². The molecular weight excluding hydrogens is 306 g/mol. The maximum atomic E-state index is 8.76. The summed E-state index contributed by atoms with van der Waals surface area (Å²) < 4.78 is 10.5. The van der Waals surface area contributed by atoms with Gasteiger partial charge in [-0.2, -0.15) is 10.7 Å². The molecule has 11 heteroatoms. The minimum Gasteiger partial charge on any atom is -0.477 e. The predicted molar refractivity (Wildman–Crippen MR) is 77.8 cm³/mol. The molecule has 1 aliphatic carbocycles. The van der Waals surface area contributed by atoms with E-state index in [0.717, 1.165) is 0 Å². The van der Waals surface area contributed by atoms with Crippen LogP contribution < -0.4 is 5.48 Å². The highest BCUT2D eigenvalue weighted by Crippen LogP contribution is 2.40. The lowest BCUT2D eigenvalue weighted by molar-refractivity contribution is -0.304. The van der Waals surface area contributed by atoms with Crippen LogP contribution in [0, 0.1) is 5.92 Å². The van der Waals surface area contributed by atoms with Crippen molar-refractivity contribution in [3.8, 4) is 0 Å². The van der Waals surface area contributed by atoms with Gasteiger partial charge >= 0.3 is 0 Å². The van der Waals surface area contributed by atoms with Crippen LogP contribution in [0.4, 0.5) is 0 Å². The summed E-state index contributed by atoms with van der Waals surface area (Å²) in [4.78, 5) is 13.4. The molecule has 23 heavy (non-hydrogen) atoms. The Kier molecular flexibility index (Phi) is 4.50. The topological polar surface area (TPSA) is 139 Å². The largest absolute Gasteiger partial charge is 0.477 e. The first-order valence-electron chi connectivity index (χ1n) is 7.22. The number of H-pyrrole nitrogens is 1. The first-order chi connectivity index (χ1) is 11.2. The van der Waals surface area contributed by atoms with Crippen molar-refractivity contribution in [2.45, 2.75) is 37.4 Å². The number of hydrogen-bond donors (Lipinski definition) is 3. The molecular formula is C12H19N7O4. The number of fused-ring (bicyclic) bond motifs is 1. The van der Waals surface area contributed by atoms with Gasteiger partial charge in [-0.15, -0.1) is 15.2 Å². The standard InChI is InChI=1S/C12H19N7O4/c1-5-6(17-23-20)4-7-9(8(5)10-15-18-19-16-10)14-12(22-3)11(13-7)21-2/h5-9,17,20H,4H2,1-3H3,(H,15,16,18,19). The molecule has 5 unspecified atom stereocenters. The Morgan fingerprint density at radius 3 is 2.57 bits per heavy atom. The summed E-state index contributed by atoms with van der Waals surface area (Å²) in [5.74, 6) is 1.07. The number of aliphatic imine (C=N–C) groups is 2. The highest BCUT2D eigenvalue weighted by atomic mass is 17.2. The van der Waals surface area contributed by atoms with Crippen molar-refractivity contribution >= 4 is 11.8 Å². The number of methoxy groups -OCH3 is 2. The minimum absolute atomic E-state index is 0.0159. The van der Waals surface area contributed by atoms with Crippen LogP contribution in [0.15, 0.2) is 9.98 Å². The molecule has 126 valence electrons. The number of hydrogen-bond acceptors (Lipinski definition) is 10. The number of aromatic nitrogens is 4. The number of nitrogens with zero attached hydrogens (tertiary/aromatic N) is 5. The second kappa shape index (κ2) is 6.56. The second-order valence-corrected chi connectivity index (χ2v) is 5.54. The molecule has 2 aliphatic rings. The average molecular weight is 325 g/mol. The molecule has 2 heterocycles. The Bertz CT molecular complexity index is 590. The Morgan fingerprint density at radius 2 is 1.96 bits per heavy atom. The lowest BCUT2D eigenvalue weighted by Gasteiger charge is -2.42. The molecule has 1 fully saturated rings. The SMILES string of the molecule is COC1=NC2CC(NOO)C(C)C(c3nn[nH]n3)C2N=C1OC. The monoisotopic (exact) mass is 325 g/mol. The van der Waals surface area contributed by atoms with Crippen molar-refractivity contribution in [2.75, 3.05) is 14.2 Å². The molecule has 0 spiro atoms. The van der Waals surface area contributed by atoms with Gasteiger partial charge in [0.25, 0.3) is 11.8 Å². The highest BCUT2D eigenvalue weighted by Gasteiger charge is 2.48. The first-order valence-corrected chi connectivity index (χ1v) is 7.22. The first kappa shape index (κ1) is 15.8. The number of aromatic amines is 1. The van der Waals surface area contributed by atoms with Gasteiger partial charge in [-0.25, -0.2) is 15.2 Å². The molecule has 0 saturated heterocycles. The highest BCUT2D eigenvalue weighted by molar-refractivity contribution is 6.35.